The highest BCUT2D eigenvalue weighted by Crippen LogP contribution is 2.64. The zero-order valence-corrected chi connectivity index (χ0v) is 20.9. The van der Waals surface area contributed by atoms with Crippen molar-refractivity contribution in [2.45, 2.75) is 65.7 Å². The average Bonchev–Trinajstić information content (AvgIpc) is 2.76. The highest BCUT2D eigenvalue weighted by molar-refractivity contribution is 8.00. The summed E-state index contributed by atoms with van der Waals surface area (Å²) in [6.07, 6.45) is -11.8. The Kier molecular flexibility index (Phi) is 11.8. The van der Waals surface area contributed by atoms with Gasteiger partial charge in [-0.2, -0.15) is 74.6 Å². The fourth-order valence-electron chi connectivity index (χ4n) is 2.45. The number of carboxylic acids is 1. The lowest BCUT2D eigenvalue weighted by atomic mass is 9.88. The molecule has 23 heteroatoms. The highest BCUT2D eigenvalue weighted by atomic mass is 32.2. The van der Waals surface area contributed by atoms with Crippen LogP contribution in [0.15, 0.2) is 0 Å². The molecule has 0 amide bonds. The molecule has 0 radical (unpaired) electrons. The minimum Gasteiger partial charge on any atom is -0.480 e. The second-order valence-electron chi connectivity index (χ2n) is 8.32. The number of hydrogen-bond donors (Lipinski definition) is 1. The molecule has 0 spiro atoms. The molecule has 0 aliphatic rings. The maximum atomic E-state index is 13.9. The number of halogens is 17. The molecule has 0 heterocycles. The molecule has 0 saturated heterocycles. The number of hydrogen-bond acceptors (Lipinski definition) is 5. The van der Waals surface area contributed by atoms with Crippen molar-refractivity contribution in [2.75, 3.05) is 33.0 Å². The quantitative estimate of drug-likeness (QED) is 0.160. The fraction of sp³-hybridized carbons (Fsp3) is 0.889. The average molecular weight is 667 g/mol. The largest absolute Gasteiger partial charge is 0.480 e. The Hall–Kier alpha value is -1.94. The van der Waals surface area contributed by atoms with E-state index < -0.39 is 83.4 Å². The first-order valence-electron chi connectivity index (χ1n) is 10.2. The van der Waals surface area contributed by atoms with Gasteiger partial charge in [0.05, 0.1) is 6.42 Å². The first-order valence-corrected chi connectivity index (χ1v) is 11.3. The van der Waals surface area contributed by atoms with Crippen LogP contribution in [0.25, 0.3) is 0 Å². The van der Waals surface area contributed by atoms with E-state index >= 15 is 0 Å². The SMILES string of the molecule is CN(C)CCOC(=O)CC(SCCC(F)(F)C(F)(F)C(F)(F)C(F)(F)C(F)(F)C(F)(F)C(F)(F)C(F)(F)F)C(=O)O. The topological polar surface area (TPSA) is 66.8 Å². The third kappa shape index (κ3) is 7.35. The number of carbonyl (C=O) groups excluding carboxylic acids is 1. The van der Waals surface area contributed by atoms with Gasteiger partial charge in [-0.3, -0.25) is 9.59 Å². The molecule has 0 aromatic carbocycles. The number of thioether (sulfide) groups is 1. The Bertz CT molecular complexity index is 923. The molecule has 41 heavy (non-hydrogen) atoms. The van der Waals surface area contributed by atoms with Crippen LogP contribution in [-0.2, 0) is 14.3 Å². The van der Waals surface area contributed by atoms with Crippen LogP contribution in [0.5, 0.6) is 0 Å². The number of likely N-dealkylation sites (N-methyl/N-ethyl adjacent to an activating group) is 1. The molecule has 1 unspecified atom stereocenters. The molecule has 0 aromatic rings. The van der Waals surface area contributed by atoms with Crippen molar-refractivity contribution in [2.24, 2.45) is 0 Å². The summed E-state index contributed by atoms with van der Waals surface area (Å²) in [4.78, 5) is 24.2. The summed E-state index contributed by atoms with van der Waals surface area (Å²) < 4.78 is 230. The number of carbonyl (C=O) groups is 2. The summed E-state index contributed by atoms with van der Waals surface area (Å²) in [6.45, 7) is -0.218. The minimum atomic E-state index is -8.72. The van der Waals surface area contributed by atoms with Crippen LogP contribution in [-0.4, -0.2) is 108 Å². The summed E-state index contributed by atoms with van der Waals surface area (Å²) in [5.74, 6) is -62.2. The van der Waals surface area contributed by atoms with Crippen LogP contribution in [0, 0.1) is 0 Å². The van der Waals surface area contributed by atoms with Crippen molar-refractivity contribution in [1.82, 2.24) is 4.90 Å². The monoisotopic (exact) mass is 667 g/mol. The van der Waals surface area contributed by atoms with Gasteiger partial charge in [0.25, 0.3) is 0 Å². The second-order valence-corrected chi connectivity index (χ2v) is 9.63. The Balaban J connectivity index is 5.99. The molecule has 0 saturated carbocycles. The van der Waals surface area contributed by atoms with E-state index in [1.165, 1.54) is 19.0 Å². The summed E-state index contributed by atoms with van der Waals surface area (Å²) in [6, 6.07) is 0. The smallest absolute Gasteiger partial charge is 0.460 e. The lowest BCUT2D eigenvalue weighted by Crippen LogP contribution is -2.74. The van der Waals surface area contributed by atoms with Gasteiger partial charge in [0.1, 0.15) is 11.9 Å². The van der Waals surface area contributed by atoms with E-state index in [1.807, 2.05) is 0 Å². The van der Waals surface area contributed by atoms with Gasteiger partial charge in [-0.25, -0.2) is 0 Å². The summed E-state index contributed by atoms with van der Waals surface area (Å²) in [5, 5.41) is 6.84. The van der Waals surface area contributed by atoms with Gasteiger partial charge < -0.3 is 14.7 Å². The van der Waals surface area contributed by atoms with Gasteiger partial charge in [0.2, 0.25) is 0 Å². The van der Waals surface area contributed by atoms with E-state index in [0.717, 1.165) is 0 Å². The van der Waals surface area contributed by atoms with Crippen molar-refractivity contribution in [3.05, 3.63) is 0 Å². The predicted molar refractivity (Wildman–Crippen MR) is 103 cm³/mol. The number of aliphatic carboxylic acids is 1. The number of esters is 1. The molecule has 244 valence electrons. The summed E-state index contributed by atoms with van der Waals surface area (Å²) >= 11 is -0.374. The zero-order chi connectivity index (χ0) is 33.3. The maximum Gasteiger partial charge on any atom is 0.460 e. The Labute approximate surface area is 222 Å². The van der Waals surface area contributed by atoms with Crippen molar-refractivity contribution < 1.29 is 94.1 Å². The third-order valence-corrected chi connectivity index (χ3v) is 6.16. The van der Waals surface area contributed by atoms with Gasteiger partial charge in [-0.15, -0.1) is 11.8 Å². The number of nitrogens with zero attached hydrogens (tertiary/aromatic N) is 1. The molecule has 0 rings (SSSR count). The van der Waals surface area contributed by atoms with Crippen LogP contribution in [0.1, 0.15) is 12.8 Å². The molecule has 1 N–H and O–H groups in total. The van der Waals surface area contributed by atoms with Crippen LogP contribution in [0.2, 0.25) is 0 Å². The standard InChI is InChI=1S/C18H18F17NO4S/c1-36(2)4-5-40-9(37)7-8(10(38)39)41-6-3-11(19,20)12(21,22)13(23,24)14(25,26)15(27,28)16(29,30)17(31,32)18(33,34)35/h8H,3-7H2,1-2H3,(H,38,39). The van der Waals surface area contributed by atoms with E-state index in [9.17, 15) is 84.2 Å². The second kappa shape index (κ2) is 12.3. The van der Waals surface area contributed by atoms with E-state index in [0.29, 0.717) is 0 Å². The van der Waals surface area contributed by atoms with E-state index in [2.05, 4.69) is 4.74 Å². The Morgan fingerprint density at radius 1 is 0.707 bits per heavy atom. The van der Waals surface area contributed by atoms with Gasteiger partial charge in [-0.1, -0.05) is 0 Å². The molecule has 0 bridgehead atoms. The lowest BCUT2D eigenvalue weighted by Gasteiger charge is -2.42. The first kappa shape index (κ1) is 39.1. The van der Waals surface area contributed by atoms with Gasteiger partial charge in [-0.05, 0) is 14.1 Å². The van der Waals surface area contributed by atoms with Crippen LogP contribution in [0.4, 0.5) is 74.6 Å². The summed E-state index contributed by atoms with van der Waals surface area (Å²) in [7, 11) is 3.03. The van der Waals surface area contributed by atoms with Crippen molar-refractivity contribution in [3.63, 3.8) is 0 Å². The van der Waals surface area contributed by atoms with Crippen LogP contribution >= 0.6 is 11.8 Å². The number of ether oxygens (including phenoxy) is 1. The number of carboxylic acid groups (broad SMARTS) is 1. The molecular weight excluding hydrogens is 649 g/mol. The van der Waals surface area contributed by atoms with Gasteiger partial charge in [0, 0.05) is 18.7 Å². The predicted octanol–water partition coefficient (Wildman–Crippen LogP) is 6.07. The van der Waals surface area contributed by atoms with Crippen molar-refractivity contribution in [1.29, 1.82) is 0 Å². The first-order chi connectivity index (χ1) is 17.9. The Morgan fingerprint density at radius 3 is 1.46 bits per heavy atom. The van der Waals surface area contributed by atoms with E-state index in [4.69, 9.17) is 5.11 Å². The van der Waals surface area contributed by atoms with Crippen LogP contribution in [0.3, 0.4) is 0 Å². The third-order valence-electron chi connectivity index (χ3n) is 4.95. The molecule has 1 atom stereocenters. The van der Waals surface area contributed by atoms with Gasteiger partial charge in [0.15, 0.2) is 0 Å². The highest BCUT2D eigenvalue weighted by Gasteiger charge is 2.95. The van der Waals surface area contributed by atoms with E-state index in [1.54, 1.807) is 0 Å². The van der Waals surface area contributed by atoms with Crippen LogP contribution < -0.4 is 0 Å². The molecule has 0 fully saturated rings. The lowest BCUT2D eigenvalue weighted by molar-refractivity contribution is -0.461. The fourth-order valence-corrected chi connectivity index (χ4v) is 3.51. The van der Waals surface area contributed by atoms with Gasteiger partial charge >= 0.3 is 59.6 Å². The molecule has 0 aliphatic carbocycles. The van der Waals surface area contributed by atoms with Crippen molar-refractivity contribution >= 4 is 23.7 Å². The minimum absolute atomic E-state index is 0.107. The molecule has 5 nitrogen and oxygen atoms in total. The van der Waals surface area contributed by atoms with Crippen molar-refractivity contribution in [3.8, 4) is 0 Å². The normalized spacial score (nSPS) is 15.7. The molecular formula is C18H18F17NO4S. The summed E-state index contributed by atoms with van der Waals surface area (Å²) in [5.41, 5.74) is 0. The number of alkyl halides is 17. The maximum absolute atomic E-state index is 13.9. The zero-order valence-electron chi connectivity index (χ0n) is 20.1. The number of rotatable bonds is 16. The molecule has 0 aromatic heterocycles. The van der Waals surface area contributed by atoms with E-state index in [-0.39, 0.29) is 24.9 Å². The molecule has 0 aliphatic heterocycles. The Morgan fingerprint density at radius 2 is 1.10 bits per heavy atom.